The summed E-state index contributed by atoms with van der Waals surface area (Å²) in [5.74, 6) is -0.0283. The van der Waals surface area contributed by atoms with Crippen LogP contribution in [0.2, 0.25) is 0 Å². The van der Waals surface area contributed by atoms with Gasteiger partial charge in [-0.15, -0.1) is 11.8 Å². The van der Waals surface area contributed by atoms with Gasteiger partial charge in [-0.05, 0) is 19.3 Å². The second kappa shape index (κ2) is 8.37. The molecule has 0 heterocycles. The number of aliphatic hydroxyl groups is 1. The summed E-state index contributed by atoms with van der Waals surface area (Å²) in [6.45, 7) is 2.07. The maximum Gasteiger partial charge on any atom is 0.321 e. The van der Waals surface area contributed by atoms with Crippen molar-refractivity contribution in [2.45, 2.75) is 50.3 Å². The van der Waals surface area contributed by atoms with E-state index >= 15 is 0 Å². The summed E-state index contributed by atoms with van der Waals surface area (Å²) in [6.07, 6.45) is 4.96. The highest BCUT2D eigenvalue weighted by Gasteiger charge is 2.18. The van der Waals surface area contributed by atoms with Gasteiger partial charge in [-0.25, -0.2) is 4.79 Å². The number of carbonyl (C=O) groups excluding carboxylic acids is 2. The molecule has 0 aromatic heterocycles. The van der Waals surface area contributed by atoms with Crippen molar-refractivity contribution in [1.29, 1.82) is 0 Å². The molecule has 1 rings (SSSR count). The first-order chi connectivity index (χ1) is 8.61. The fourth-order valence-electron chi connectivity index (χ4n) is 1.94. The van der Waals surface area contributed by atoms with Crippen LogP contribution in [0.4, 0.5) is 4.79 Å². The summed E-state index contributed by atoms with van der Waals surface area (Å²) in [6, 6.07) is -0.166. The molecule has 1 saturated carbocycles. The van der Waals surface area contributed by atoms with Gasteiger partial charge in [0.2, 0.25) is 5.91 Å². The van der Waals surface area contributed by atoms with E-state index in [4.69, 9.17) is 5.11 Å². The van der Waals surface area contributed by atoms with Crippen LogP contribution in [0, 0.1) is 0 Å². The van der Waals surface area contributed by atoms with E-state index < -0.39 is 0 Å². The minimum Gasteiger partial charge on any atom is -0.396 e. The second-order valence-electron chi connectivity index (χ2n) is 4.64. The summed E-state index contributed by atoms with van der Waals surface area (Å²) in [5.41, 5.74) is 0. The molecule has 0 saturated heterocycles. The molecule has 0 bridgehead atoms. The van der Waals surface area contributed by atoms with E-state index in [1.54, 1.807) is 0 Å². The van der Waals surface area contributed by atoms with Crippen LogP contribution in [-0.2, 0) is 4.79 Å². The first kappa shape index (κ1) is 15.3. The van der Waals surface area contributed by atoms with Crippen molar-refractivity contribution in [3.8, 4) is 0 Å². The van der Waals surface area contributed by atoms with E-state index in [9.17, 15) is 9.59 Å². The maximum absolute atomic E-state index is 11.5. The Hall–Kier alpha value is -0.750. The average Bonchev–Trinajstić information content (AvgIpc) is 2.79. The largest absolute Gasteiger partial charge is 0.396 e. The normalized spacial score (nSPS) is 17.4. The third-order valence-corrected chi connectivity index (χ3v) is 4.21. The SMILES string of the molecule is CC(CCO)SCC(=O)NC(=O)NC1CCCC1. The van der Waals surface area contributed by atoms with Crippen molar-refractivity contribution >= 4 is 23.7 Å². The number of aliphatic hydroxyl groups excluding tert-OH is 1. The van der Waals surface area contributed by atoms with Crippen molar-refractivity contribution in [1.82, 2.24) is 10.6 Å². The first-order valence-electron chi connectivity index (χ1n) is 6.44. The lowest BCUT2D eigenvalue weighted by Gasteiger charge is -2.13. The molecule has 3 N–H and O–H groups in total. The number of urea groups is 1. The Labute approximate surface area is 112 Å². The molecular weight excluding hydrogens is 252 g/mol. The van der Waals surface area contributed by atoms with Gasteiger partial charge in [-0.2, -0.15) is 0 Å². The van der Waals surface area contributed by atoms with E-state index in [0.717, 1.165) is 25.7 Å². The number of carbonyl (C=O) groups is 2. The van der Waals surface area contributed by atoms with E-state index in [-0.39, 0.29) is 35.6 Å². The molecule has 0 radical (unpaired) electrons. The van der Waals surface area contributed by atoms with Gasteiger partial charge in [-0.3, -0.25) is 10.1 Å². The predicted octanol–water partition coefficient (Wildman–Crippen LogP) is 1.26. The van der Waals surface area contributed by atoms with Gasteiger partial charge >= 0.3 is 6.03 Å². The van der Waals surface area contributed by atoms with E-state index in [0.29, 0.717) is 6.42 Å². The van der Waals surface area contributed by atoms with Crippen LogP contribution in [0.25, 0.3) is 0 Å². The summed E-state index contributed by atoms with van der Waals surface area (Å²) in [4.78, 5) is 23.0. The molecular formula is C12H22N2O3S. The quantitative estimate of drug-likeness (QED) is 0.681. The molecule has 0 aromatic rings. The van der Waals surface area contributed by atoms with Crippen LogP contribution in [-0.4, -0.2) is 40.7 Å². The third kappa shape index (κ3) is 6.26. The number of thioether (sulfide) groups is 1. The molecule has 0 aromatic carbocycles. The van der Waals surface area contributed by atoms with Crippen molar-refractivity contribution in [3.63, 3.8) is 0 Å². The zero-order valence-corrected chi connectivity index (χ0v) is 11.6. The summed E-state index contributed by atoms with van der Waals surface area (Å²) in [7, 11) is 0. The number of nitrogens with one attached hydrogen (secondary N) is 2. The molecule has 1 fully saturated rings. The zero-order chi connectivity index (χ0) is 13.4. The smallest absolute Gasteiger partial charge is 0.321 e. The molecule has 3 amide bonds. The van der Waals surface area contributed by atoms with Crippen LogP contribution < -0.4 is 10.6 Å². The lowest BCUT2D eigenvalue weighted by Crippen LogP contribution is -2.44. The molecule has 6 heteroatoms. The molecule has 1 unspecified atom stereocenters. The number of hydrogen-bond donors (Lipinski definition) is 3. The Morgan fingerprint density at radius 3 is 2.67 bits per heavy atom. The Morgan fingerprint density at radius 2 is 2.06 bits per heavy atom. The zero-order valence-electron chi connectivity index (χ0n) is 10.8. The van der Waals surface area contributed by atoms with Gasteiger partial charge in [0.05, 0.1) is 5.75 Å². The Bertz CT molecular complexity index is 280. The molecule has 5 nitrogen and oxygen atoms in total. The van der Waals surface area contributed by atoms with Crippen LogP contribution in [0.1, 0.15) is 39.0 Å². The monoisotopic (exact) mass is 274 g/mol. The maximum atomic E-state index is 11.5. The highest BCUT2D eigenvalue weighted by Crippen LogP contribution is 2.17. The standard InChI is InChI=1S/C12H22N2O3S/c1-9(6-7-15)18-8-11(16)14-12(17)13-10-4-2-3-5-10/h9-10,15H,2-8H2,1H3,(H2,13,14,16,17). The Morgan fingerprint density at radius 1 is 1.39 bits per heavy atom. The summed E-state index contributed by atoms with van der Waals surface area (Å²) < 4.78 is 0. The van der Waals surface area contributed by atoms with Gasteiger partial charge in [0.25, 0.3) is 0 Å². The number of rotatable bonds is 6. The van der Waals surface area contributed by atoms with Crippen molar-refractivity contribution in [2.24, 2.45) is 0 Å². The lowest BCUT2D eigenvalue weighted by atomic mass is 10.2. The third-order valence-electron chi connectivity index (χ3n) is 2.98. The number of amides is 3. The molecule has 0 aliphatic heterocycles. The van der Waals surface area contributed by atoms with Crippen LogP contribution >= 0.6 is 11.8 Å². The molecule has 1 aliphatic rings. The minimum atomic E-state index is -0.387. The van der Waals surface area contributed by atoms with E-state index in [2.05, 4.69) is 10.6 Å². The Kier molecular flexibility index (Phi) is 7.12. The average molecular weight is 274 g/mol. The van der Waals surface area contributed by atoms with Crippen LogP contribution in [0.5, 0.6) is 0 Å². The molecule has 1 atom stereocenters. The molecule has 18 heavy (non-hydrogen) atoms. The highest BCUT2D eigenvalue weighted by atomic mass is 32.2. The minimum absolute atomic E-state index is 0.123. The van der Waals surface area contributed by atoms with Crippen LogP contribution in [0.3, 0.4) is 0 Å². The topological polar surface area (TPSA) is 78.4 Å². The fourth-order valence-corrected chi connectivity index (χ4v) is 2.72. The van der Waals surface area contributed by atoms with Gasteiger partial charge in [0.1, 0.15) is 0 Å². The van der Waals surface area contributed by atoms with Crippen molar-refractivity contribution in [3.05, 3.63) is 0 Å². The van der Waals surface area contributed by atoms with Crippen molar-refractivity contribution < 1.29 is 14.7 Å². The van der Waals surface area contributed by atoms with E-state index in [1.165, 1.54) is 11.8 Å². The highest BCUT2D eigenvalue weighted by molar-refractivity contribution is 8.00. The molecule has 0 spiro atoms. The Balaban J connectivity index is 2.12. The lowest BCUT2D eigenvalue weighted by molar-refractivity contribution is -0.117. The molecule has 1 aliphatic carbocycles. The first-order valence-corrected chi connectivity index (χ1v) is 7.49. The van der Waals surface area contributed by atoms with Gasteiger partial charge in [-0.1, -0.05) is 19.8 Å². The summed E-state index contributed by atoms with van der Waals surface area (Å²) >= 11 is 1.44. The summed E-state index contributed by atoms with van der Waals surface area (Å²) in [5, 5.41) is 14.1. The van der Waals surface area contributed by atoms with E-state index in [1.807, 2.05) is 6.92 Å². The number of imide groups is 1. The van der Waals surface area contributed by atoms with Gasteiger partial charge in [0.15, 0.2) is 0 Å². The van der Waals surface area contributed by atoms with Gasteiger partial charge in [0, 0.05) is 17.9 Å². The molecule has 104 valence electrons. The fraction of sp³-hybridized carbons (Fsp3) is 0.833. The van der Waals surface area contributed by atoms with Crippen LogP contribution in [0.15, 0.2) is 0 Å². The number of hydrogen-bond acceptors (Lipinski definition) is 4. The second-order valence-corrected chi connectivity index (χ2v) is 6.06. The van der Waals surface area contributed by atoms with Crippen molar-refractivity contribution in [2.75, 3.05) is 12.4 Å². The predicted molar refractivity (Wildman–Crippen MR) is 72.6 cm³/mol. The van der Waals surface area contributed by atoms with Gasteiger partial charge < -0.3 is 10.4 Å².